The number of alkyl halides is 1. The monoisotopic (exact) mass is 415 g/mol. The van der Waals surface area contributed by atoms with Gasteiger partial charge in [0.25, 0.3) is 0 Å². The normalized spacial score (nSPS) is 20.9. The van der Waals surface area contributed by atoms with Crippen LogP contribution >= 0.6 is 0 Å². The quantitative estimate of drug-likeness (QED) is 0.751. The number of carbonyl (C=O) groups excluding carboxylic acids is 2. The minimum absolute atomic E-state index is 0.0736. The number of sulfone groups is 1. The van der Waals surface area contributed by atoms with E-state index < -0.39 is 33.5 Å². The summed E-state index contributed by atoms with van der Waals surface area (Å²) >= 11 is 0. The Balaban J connectivity index is 2.01. The van der Waals surface area contributed by atoms with Gasteiger partial charge in [0.15, 0.2) is 27.6 Å². The van der Waals surface area contributed by atoms with Gasteiger partial charge >= 0.3 is 0 Å². The molecule has 2 aromatic carbocycles. The lowest BCUT2D eigenvalue weighted by Crippen LogP contribution is -2.29. The van der Waals surface area contributed by atoms with Crippen molar-refractivity contribution < 1.29 is 26.8 Å². The van der Waals surface area contributed by atoms with Crippen LogP contribution in [-0.4, -0.2) is 32.4 Å². The van der Waals surface area contributed by atoms with E-state index >= 15 is 0 Å². The number of hydrogen-bond donors (Lipinski definition) is 0. The molecule has 0 unspecified atom stereocenters. The highest BCUT2D eigenvalue weighted by Gasteiger charge is 2.40. The number of hydrogen-bond acceptors (Lipinski definition) is 5. The van der Waals surface area contributed by atoms with Crippen molar-refractivity contribution in [1.29, 1.82) is 5.26 Å². The molecule has 0 N–H and O–H groups in total. The van der Waals surface area contributed by atoms with E-state index in [1.165, 1.54) is 12.1 Å². The fourth-order valence-electron chi connectivity index (χ4n) is 4.39. The van der Waals surface area contributed by atoms with Crippen molar-refractivity contribution in [3.05, 3.63) is 63.5 Å². The van der Waals surface area contributed by atoms with Crippen LogP contribution in [0, 0.1) is 17.1 Å². The number of rotatable bonds is 2. The highest BCUT2D eigenvalue weighted by Crippen LogP contribution is 2.44. The minimum atomic E-state index is -3.66. The number of nitrogens with zero attached hydrogens (tertiary/aromatic N) is 1. The van der Waals surface area contributed by atoms with Gasteiger partial charge < -0.3 is 0 Å². The summed E-state index contributed by atoms with van der Waals surface area (Å²) in [7, 11) is -3.66. The average Bonchev–Trinajstić information content (AvgIpc) is 3.04. The Hall–Kier alpha value is -2.92. The molecule has 148 valence electrons. The van der Waals surface area contributed by atoms with Crippen LogP contribution in [0.2, 0.25) is 0 Å². The van der Waals surface area contributed by atoms with Crippen LogP contribution in [0.15, 0.2) is 29.2 Å². The summed E-state index contributed by atoms with van der Waals surface area (Å²) in [4.78, 5) is 24.6. The van der Waals surface area contributed by atoms with Gasteiger partial charge in [-0.1, -0.05) is 6.07 Å². The molecule has 0 aliphatic heterocycles. The number of carbonyl (C=O) groups is 2. The topological polar surface area (TPSA) is 92.1 Å². The standard InChI is InChI=1S/C21H15F2NO4S/c1-29(27,28)18-5-3-12(13-2-4-17(25)20(13)18)14-8-16(23)21(26)15-7-11(22)6-10(9-24)19(14)15/h3,5-7,14,16H,2,4,8H2,1H3/t14-,16+/m1/s1. The smallest absolute Gasteiger partial charge is 0.197 e. The molecule has 0 saturated carbocycles. The summed E-state index contributed by atoms with van der Waals surface area (Å²) in [6.07, 6.45) is -0.724. The van der Waals surface area contributed by atoms with Crippen LogP contribution in [0.1, 0.15) is 61.7 Å². The minimum Gasteiger partial charge on any atom is -0.294 e. The van der Waals surface area contributed by atoms with Crippen molar-refractivity contribution in [3.63, 3.8) is 0 Å². The second-order valence-corrected chi connectivity index (χ2v) is 9.33. The zero-order valence-electron chi connectivity index (χ0n) is 15.3. The van der Waals surface area contributed by atoms with Gasteiger partial charge in [-0.25, -0.2) is 17.2 Å². The van der Waals surface area contributed by atoms with E-state index in [0.29, 0.717) is 11.1 Å². The zero-order valence-corrected chi connectivity index (χ0v) is 16.1. The van der Waals surface area contributed by atoms with Gasteiger partial charge in [-0.05, 0) is 47.7 Å². The molecule has 0 bridgehead atoms. The Kier molecular flexibility index (Phi) is 4.39. The zero-order chi connectivity index (χ0) is 21.1. The van der Waals surface area contributed by atoms with E-state index in [1.54, 1.807) is 0 Å². The lowest BCUT2D eigenvalue weighted by Gasteiger charge is -2.30. The van der Waals surface area contributed by atoms with Gasteiger partial charge in [0.05, 0.1) is 16.5 Å². The van der Waals surface area contributed by atoms with Gasteiger partial charge in [0, 0.05) is 29.7 Å². The second kappa shape index (κ2) is 6.56. The van der Waals surface area contributed by atoms with Crippen molar-refractivity contribution in [1.82, 2.24) is 0 Å². The summed E-state index contributed by atoms with van der Waals surface area (Å²) in [6, 6.07) is 6.60. The van der Waals surface area contributed by atoms with Crippen LogP contribution in [0.3, 0.4) is 0 Å². The number of nitriles is 1. The Labute approximate surface area is 165 Å². The molecule has 0 radical (unpaired) electrons. The van der Waals surface area contributed by atoms with Crippen LogP contribution in [0.5, 0.6) is 0 Å². The van der Waals surface area contributed by atoms with Gasteiger partial charge in [-0.3, -0.25) is 9.59 Å². The summed E-state index contributed by atoms with van der Waals surface area (Å²) in [5.41, 5.74) is 1.05. The van der Waals surface area contributed by atoms with Gasteiger partial charge in [-0.2, -0.15) is 5.26 Å². The first-order valence-corrected chi connectivity index (χ1v) is 10.8. The summed E-state index contributed by atoms with van der Waals surface area (Å²) in [6.45, 7) is 0. The van der Waals surface area contributed by atoms with Crippen LogP contribution < -0.4 is 0 Å². The third-order valence-corrected chi connectivity index (χ3v) is 6.71. The fourth-order valence-corrected chi connectivity index (χ4v) is 5.31. The molecule has 2 atom stereocenters. The molecule has 8 heteroatoms. The predicted molar refractivity (Wildman–Crippen MR) is 99.0 cm³/mol. The van der Waals surface area contributed by atoms with Crippen molar-refractivity contribution in [2.45, 2.75) is 36.2 Å². The molecular formula is C21H15F2NO4S. The molecule has 2 aliphatic carbocycles. The maximum atomic E-state index is 14.5. The molecule has 0 saturated heterocycles. The largest absolute Gasteiger partial charge is 0.294 e. The molecular weight excluding hydrogens is 400 g/mol. The first-order chi connectivity index (χ1) is 13.6. The van der Waals surface area contributed by atoms with E-state index in [2.05, 4.69) is 0 Å². The van der Waals surface area contributed by atoms with Crippen LogP contribution in [0.4, 0.5) is 8.78 Å². The van der Waals surface area contributed by atoms with Crippen molar-refractivity contribution in [2.75, 3.05) is 6.26 Å². The van der Waals surface area contributed by atoms with E-state index in [9.17, 15) is 32.0 Å². The molecule has 0 aromatic heterocycles. The maximum absolute atomic E-state index is 14.5. The molecule has 0 spiro atoms. The Morgan fingerprint density at radius 2 is 1.90 bits per heavy atom. The first kappa shape index (κ1) is 19.4. The Bertz CT molecular complexity index is 1240. The van der Waals surface area contributed by atoms with Gasteiger partial charge in [-0.15, -0.1) is 0 Å². The van der Waals surface area contributed by atoms with E-state index in [0.717, 1.165) is 18.4 Å². The molecule has 2 aliphatic rings. The molecule has 29 heavy (non-hydrogen) atoms. The number of Topliss-reactive ketones (excluding diaryl/α,β-unsaturated/α-hetero) is 2. The second-order valence-electron chi connectivity index (χ2n) is 7.35. The summed E-state index contributed by atoms with van der Waals surface area (Å²) in [5.74, 6) is -2.77. The molecule has 4 rings (SSSR count). The highest BCUT2D eigenvalue weighted by molar-refractivity contribution is 7.90. The van der Waals surface area contributed by atoms with E-state index in [1.807, 2.05) is 6.07 Å². The first-order valence-electron chi connectivity index (χ1n) is 8.94. The lowest BCUT2D eigenvalue weighted by atomic mass is 9.74. The maximum Gasteiger partial charge on any atom is 0.197 e. The SMILES string of the molecule is CS(=O)(=O)c1ccc([C@H]2C[C@H](F)C(=O)c3cc(F)cc(C#N)c32)c2c1C(=O)CC2. The van der Waals surface area contributed by atoms with E-state index in [4.69, 9.17) is 0 Å². The Morgan fingerprint density at radius 1 is 1.17 bits per heavy atom. The third-order valence-electron chi connectivity index (χ3n) is 5.57. The Morgan fingerprint density at radius 3 is 2.55 bits per heavy atom. The lowest BCUT2D eigenvalue weighted by molar-refractivity contribution is 0.0848. The molecule has 0 amide bonds. The van der Waals surface area contributed by atoms with Gasteiger partial charge in [0.2, 0.25) is 0 Å². The van der Waals surface area contributed by atoms with Crippen LogP contribution in [-0.2, 0) is 16.3 Å². The number of fused-ring (bicyclic) bond motifs is 2. The number of ketones is 2. The molecule has 0 heterocycles. The van der Waals surface area contributed by atoms with Crippen molar-refractivity contribution in [3.8, 4) is 6.07 Å². The third kappa shape index (κ3) is 2.97. The van der Waals surface area contributed by atoms with Crippen molar-refractivity contribution in [2.24, 2.45) is 0 Å². The average molecular weight is 415 g/mol. The van der Waals surface area contributed by atoms with Crippen LogP contribution in [0.25, 0.3) is 0 Å². The molecule has 0 fully saturated rings. The number of benzene rings is 2. The van der Waals surface area contributed by atoms with E-state index in [-0.39, 0.29) is 52.2 Å². The summed E-state index contributed by atoms with van der Waals surface area (Å²) in [5, 5.41) is 9.47. The highest BCUT2D eigenvalue weighted by atomic mass is 32.2. The fraction of sp³-hybridized carbons (Fsp3) is 0.286. The molecule has 2 aromatic rings. The predicted octanol–water partition coefficient (Wildman–Crippen LogP) is 3.29. The van der Waals surface area contributed by atoms with Crippen molar-refractivity contribution >= 4 is 21.4 Å². The summed E-state index contributed by atoms with van der Waals surface area (Å²) < 4.78 is 52.7. The van der Waals surface area contributed by atoms with Gasteiger partial charge in [0.1, 0.15) is 5.82 Å². The molecule has 5 nitrogen and oxygen atoms in total. The number of halogens is 2.